The van der Waals surface area contributed by atoms with Crippen molar-refractivity contribution in [3.05, 3.63) is 0 Å². The van der Waals surface area contributed by atoms with Gasteiger partial charge in [0, 0.05) is 0 Å². The summed E-state index contributed by atoms with van der Waals surface area (Å²) < 4.78 is -0.457. The molecule has 0 aromatic carbocycles. The maximum atomic E-state index is 6.26. The summed E-state index contributed by atoms with van der Waals surface area (Å²) in [5.74, 6) is 0. The van der Waals surface area contributed by atoms with Crippen LogP contribution in [0.2, 0.25) is 0 Å². The molecule has 42 heavy (non-hydrogen) atoms. The van der Waals surface area contributed by atoms with Gasteiger partial charge in [-0.05, 0) is 12.8 Å². The predicted octanol–water partition coefficient (Wildman–Crippen LogP) is 18.9. The van der Waals surface area contributed by atoms with Crippen LogP contribution in [0.5, 0.6) is 0 Å². The molecule has 0 atom stereocenters. The molecule has 0 aromatic heterocycles. The van der Waals surface area contributed by atoms with Crippen molar-refractivity contribution in [2.75, 3.05) is 48.1 Å². The van der Waals surface area contributed by atoms with Crippen LogP contribution >= 0.6 is 232 Å². The third-order valence-electron chi connectivity index (χ3n) is 2.79. The summed E-state index contributed by atoms with van der Waals surface area (Å²) in [6.45, 7) is 4.44. The van der Waals surface area contributed by atoms with E-state index < -0.39 is 4.33 Å². The fourth-order valence-electron chi connectivity index (χ4n) is 1.75. The van der Waals surface area contributed by atoms with Gasteiger partial charge in [0.1, 0.15) is 4.33 Å². The molecule has 0 aliphatic carbocycles. The molecule has 0 amide bonds. The van der Waals surface area contributed by atoms with Gasteiger partial charge in [-0.3, -0.25) is 0 Å². The quantitative estimate of drug-likeness (QED) is 0.151. The van der Waals surface area contributed by atoms with E-state index in [9.17, 15) is 0 Å². The molecule has 0 fully saturated rings. The Morgan fingerprint density at radius 2 is 0.429 bits per heavy atom. The first-order chi connectivity index (χ1) is 19.8. The van der Waals surface area contributed by atoms with Gasteiger partial charge in [-0.1, -0.05) is 65.2 Å². The predicted molar refractivity (Wildman–Crippen MR) is 221 cm³/mol. The summed E-state index contributed by atoms with van der Waals surface area (Å²) in [6.07, 6.45) is 12.0. The van der Waals surface area contributed by atoms with Crippen molar-refractivity contribution >= 4 is 232 Å². The van der Waals surface area contributed by atoms with Crippen molar-refractivity contribution in [2.45, 2.75) is 82.4 Å². The SMILES string of the molecule is CCCCCCC(Cl)(Cl)CCCCCC.ClCCl.ClCCl.ClCCl.ClCCl.ClCCl.ClCCl.ClCCl.ClCCl.ClCCl. The Hall–Kier alpha value is 5.80. The molecule has 0 heterocycles. The third-order valence-corrected chi connectivity index (χ3v) is 3.55. The minimum Gasteiger partial charge on any atom is -0.109 e. The lowest BCUT2D eigenvalue weighted by Crippen LogP contribution is -2.12. The van der Waals surface area contributed by atoms with Gasteiger partial charge in [0.25, 0.3) is 0 Å². The second-order valence-electron chi connectivity index (χ2n) is 5.39. The molecular weight excluding hydrogens is 973 g/mol. The number of rotatable bonds is 10. The zero-order chi connectivity index (χ0) is 35.9. The van der Waals surface area contributed by atoms with Crippen molar-refractivity contribution < 1.29 is 0 Å². The smallest absolute Gasteiger partial charge is 0.109 e. The molecule has 0 unspecified atom stereocenters. The van der Waals surface area contributed by atoms with E-state index in [0.29, 0.717) is 0 Å². The Morgan fingerprint density at radius 3 is 0.548 bits per heavy atom. The minimum atomic E-state index is -0.457. The van der Waals surface area contributed by atoms with Crippen LogP contribution in [-0.4, -0.2) is 52.4 Å². The van der Waals surface area contributed by atoms with Gasteiger partial charge in [-0.25, -0.2) is 0 Å². The van der Waals surface area contributed by atoms with Crippen molar-refractivity contribution in [3.63, 3.8) is 0 Å². The number of hydrogen-bond donors (Lipinski definition) is 0. The Balaban J connectivity index is -0.0000000392. The Kier molecular flexibility index (Phi) is 181. The van der Waals surface area contributed by atoms with Crippen molar-refractivity contribution in [1.82, 2.24) is 0 Å². The van der Waals surface area contributed by atoms with Crippen LogP contribution in [0, 0.1) is 0 Å². The molecular formula is C22H44Cl20. The highest BCUT2D eigenvalue weighted by Crippen LogP contribution is 2.33. The molecule has 0 nitrogen and oxygen atoms in total. The lowest BCUT2D eigenvalue weighted by molar-refractivity contribution is 0.531. The van der Waals surface area contributed by atoms with E-state index in [4.69, 9.17) is 232 Å². The fourth-order valence-corrected chi connectivity index (χ4v) is 2.28. The van der Waals surface area contributed by atoms with Gasteiger partial charge >= 0.3 is 0 Å². The summed E-state index contributed by atoms with van der Waals surface area (Å²) >= 11 is 98.3. The van der Waals surface area contributed by atoms with E-state index in [1.165, 1.54) is 51.4 Å². The molecule has 272 valence electrons. The molecule has 0 aliphatic heterocycles. The highest BCUT2D eigenvalue weighted by atomic mass is 35.6. The van der Waals surface area contributed by atoms with Crippen molar-refractivity contribution in [2.24, 2.45) is 0 Å². The average Bonchev–Trinajstić information content (AvgIpc) is 2.89. The molecule has 0 aromatic rings. The normalized spacial score (nSPS) is 8.14. The molecule has 0 radical (unpaired) electrons. The maximum absolute atomic E-state index is 6.26. The highest BCUT2D eigenvalue weighted by Gasteiger charge is 2.22. The lowest BCUT2D eigenvalue weighted by atomic mass is 10.1. The van der Waals surface area contributed by atoms with Crippen LogP contribution in [0.1, 0.15) is 78.1 Å². The van der Waals surface area contributed by atoms with Crippen LogP contribution in [0.4, 0.5) is 0 Å². The number of unbranched alkanes of at least 4 members (excludes halogenated alkanes) is 6. The summed E-state index contributed by atoms with van der Waals surface area (Å²) in [4.78, 5) is 0. The summed E-state index contributed by atoms with van der Waals surface area (Å²) in [5, 5.41) is 1.75. The first-order valence-electron chi connectivity index (χ1n) is 11.3. The van der Waals surface area contributed by atoms with E-state index in [1.54, 1.807) is 0 Å². The first-order valence-corrected chi connectivity index (χ1v) is 21.7. The Labute approximate surface area is 358 Å². The van der Waals surface area contributed by atoms with E-state index in [1.807, 2.05) is 0 Å². The molecule has 0 saturated heterocycles. The van der Waals surface area contributed by atoms with E-state index in [2.05, 4.69) is 13.8 Å². The van der Waals surface area contributed by atoms with Gasteiger partial charge in [0.05, 0.1) is 48.1 Å². The highest BCUT2D eigenvalue weighted by molar-refractivity contribution is 6.48. The van der Waals surface area contributed by atoms with E-state index in [0.717, 1.165) is 12.8 Å². The van der Waals surface area contributed by atoms with Crippen LogP contribution < -0.4 is 0 Å². The Bertz CT molecular complexity index is 228. The van der Waals surface area contributed by atoms with Crippen molar-refractivity contribution in [3.8, 4) is 0 Å². The molecule has 0 aliphatic rings. The van der Waals surface area contributed by atoms with Gasteiger partial charge in [0.2, 0.25) is 0 Å². The Morgan fingerprint density at radius 1 is 0.286 bits per heavy atom. The average molecular weight is 1020 g/mol. The van der Waals surface area contributed by atoms with Crippen molar-refractivity contribution in [1.29, 1.82) is 0 Å². The summed E-state index contributed by atoms with van der Waals surface area (Å²) in [5.41, 5.74) is 0. The number of alkyl halides is 20. The first kappa shape index (κ1) is 73.3. The second kappa shape index (κ2) is 103. The molecule has 0 bridgehead atoms. The van der Waals surface area contributed by atoms with Crippen LogP contribution in [0.25, 0.3) is 0 Å². The molecule has 20 heteroatoms. The largest absolute Gasteiger partial charge is 0.118 e. The molecule has 0 spiro atoms. The zero-order valence-electron chi connectivity index (χ0n) is 23.5. The minimum absolute atomic E-state index is 0.194. The van der Waals surface area contributed by atoms with Gasteiger partial charge in [-0.15, -0.1) is 232 Å². The topological polar surface area (TPSA) is 0 Å². The molecule has 0 N–H and O–H groups in total. The maximum Gasteiger partial charge on any atom is 0.118 e. The zero-order valence-corrected chi connectivity index (χ0v) is 38.6. The summed E-state index contributed by atoms with van der Waals surface area (Å²) in [7, 11) is 0. The van der Waals surface area contributed by atoms with Crippen LogP contribution in [-0.2, 0) is 0 Å². The van der Waals surface area contributed by atoms with Gasteiger partial charge in [-0.2, -0.15) is 0 Å². The van der Waals surface area contributed by atoms with Crippen LogP contribution in [0.3, 0.4) is 0 Å². The summed E-state index contributed by atoms with van der Waals surface area (Å²) in [6, 6.07) is 0. The van der Waals surface area contributed by atoms with Gasteiger partial charge < -0.3 is 0 Å². The van der Waals surface area contributed by atoms with E-state index >= 15 is 0 Å². The van der Waals surface area contributed by atoms with Gasteiger partial charge in [0.15, 0.2) is 0 Å². The lowest BCUT2D eigenvalue weighted by Gasteiger charge is -2.19. The number of hydrogen-bond acceptors (Lipinski definition) is 0. The third kappa shape index (κ3) is 234. The van der Waals surface area contributed by atoms with Crippen LogP contribution in [0.15, 0.2) is 0 Å². The molecule has 0 saturated carbocycles. The fraction of sp³-hybridized carbons (Fsp3) is 1.00. The number of halogens is 20. The standard InChI is InChI=1S/C13H26Cl2.9CH2Cl2/c1-3-5-7-9-11-13(14,15)12-10-8-6-4-2;9*2-1-3/h3-12H2,1-2H3;9*1H2. The monoisotopic (exact) mass is 1010 g/mol. The second-order valence-corrected chi connectivity index (χ2v) is 14.3. The van der Waals surface area contributed by atoms with E-state index in [-0.39, 0.29) is 48.1 Å². The molecule has 0 rings (SSSR count).